The van der Waals surface area contributed by atoms with E-state index in [1.54, 1.807) is 12.4 Å². The van der Waals surface area contributed by atoms with E-state index in [4.69, 9.17) is 5.73 Å². The molecule has 5 nitrogen and oxygen atoms in total. The van der Waals surface area contributed by atoms with Gasteiger partial charge < -0.3 is 16.4 Å². The van der Waals surface area contributed by atoms with Gasteiger partial charge in [0.2, 0.25) is 5.91 Å². The molecule has 4 aromatic rings. The molecule has 4 rings (SSSR count). The second kappa shape index (κ2) is 9.90. The first-order chi connectivity index (χ1) is 15.7. The van der Waals surface area contributed by atoms with Crippen molar-refractivity contribution in [1.29, 1.82) is 0 Å². The minimum Gasteiger partial charge on any atom is -0.386 e. The van der Waals surface area contributed by atoms with Crippen LogP contribution in [0.25, 0.3) is 11.1 Å². The topological polar surface area (TPSA) is 80.0 Å². The highest BCUT2D eigenvalue weighted by Gasteiger charge is 2.27. The summed E-state index contributed by atoms with van der Waals surface area (Å²) in [5, 5.41) is 6.13. The molecule has 0 aliphatic carbocycles. The van der Waals surface area contributed by atoms with Gasteiger partial charge in [-0.2, -0.15) is 0 Å². The highest BCUT2D eigenvalue weighted by Crippen LogP contribution is 2.29. The number of hydrogen-bond acceptors (Lipinski definition) is 4. The van der Waals surface area contributed by atoms with Gasteiger partial charge in [0.15, 0.2) is 0 Å². The van der Waals surface area contributed by atoms with Gasteiger partial charge in [-0.1, -0.05) is 72.8 Å². The van der Waals surface area contributed by atoms with Gasteiger partial charge in [-0.15, -0.1) is 0 Å². The smallest absolute Gasteiger partial charge is 0.242 e. The molecule has 5 heteroatoms. The first-order valence-corrected chi connectivity index (χ1v) is 10.6. The molecule has 0 spiro atoms. The standard InChI is InChI=1S/C27H26N4O/c1-29-24-18-30-17-16-23(24)19-12-14-22(15-13-19)31-27(32)26(28)25(20-8-4-2-5-9-20)21-10-6-3-7-11-21/h2-18,25-26,29H,28H2,1H3,(H,31,32)/t26-/m0/s1. The van der Waals surface area contributed by atoms with Crippen LogP contribution in [0.4, 0.5) is 11.4 Å². The number of aromatic nitrogens is 1. The second-order valence-electron chi connectivity index (χ2n) is 7.56. The Balaban J connectivity index is 1.54. The van der Waals surface area contributed by atoms with Gasteiger partial charge >= 0.3 is 0 Å². The molecular weight excluding hydrogens is 396 g/mol. The highest BCUT2D eigenvalue weighted by molar-refractivity contribution is 5.96. The van der Waals surface area contributed by atoms with Crippen LogP contribution in [0.5, 0.6) is 0 Å². The third-order valence-corrected chi connectivity index (χ3v) is 5.53. The largest absolute Gasteiger partial charge is 0.386 e. The Morgan fingerprint density at radius 2 is 1.44 bits per heavy atom. The van der Waals surface area contributed by atoms with Crippen LogP contribution in [0, 0.1) is 0 Å². The van der Waals surface area contributed by atoms with Gasteiger partial charge in [0.25, 0.3) is 0 Å². The van der Waals surface area contributed by atoms with E-state index in [-0.39, 0.29) is 11.8 Å². The first kappa shape index (κ1) is 21.3. The SMILES string of the molecule is CNc1cnccc1-c1ccc(NC(=O)[C@@H](N)C(c2ccccc2)c2ccccc2)cc1. The van der Waals surface area contributed by atoms with E-state index < -0.39 is 6.04 Å². The quantitative estimate of drug-likeness (QED) is 0.396. The van der Waals surface area contributed by atoms with Crippen LogP contribution in [0.15, 0.2) is 103 Å². The van der Waals surface area contributed by atoms with Gasteiger partial charge in [-0.3, -0.25) is 9.78 Å². The maximum Gasteiger partial charge on any atom is 0.242 e. The molecular formula is C27H26N4O. The van der Waals surface area contributed by atoms with Crippen LogP contribution >= 0.6 is 0 Å². The molecule has 1 aromatic heterocycles. The molecule has 0 saturated carbocycles. The van der Waals surface area contributed by atoms with Crippen molar-refractivity contribution in [2.24, 2.45) is 5.73 Å². The molecule has 1 amide bonds. The van der Waals surface area contributed by atoms with Crippen molar-refractivity contribution in [3.63, 3.8) is 0 Å². The fourth-order valence-electron chi connectivity index (χ4n) is 3.88. The summed E-state index contributed by atoms with van der Waals surface area (Å²) in [6.07, 6.45) is 3.55. The molecule has 160 valence electrons. The number of nitrogens with two attached hydrogens (primary N) is 1. The number of anilines is 2. The van der Waals surface area contributed by atoms with Gasteiger partial charge in [-0.05, 0) is 34.9 Å². The zero-order valence-electron chi connectivity index (χ0n) is 17.9. The van der Waals surface area contributed by atoms with Crippen LogP contribution in [-0.4, -0.2) is 24.0 Å². The Kier molecular flexibility index (Phi) is 6.58. The van der Waals surface area contributed by atoms with Crippen LogP contribution < -0.4 is 16.4 Å². The summed E-state index contributed by atoms with van der Waals surface area (Å²) in [5.74, 6) is -0.470. The zero-order chi connectivity index (χ0) is 22.3. The molecule has 32 heavy (non-hydrogen) atoms. The fraction of sp³-hybridized carbons (Fsp3) is 0.111. The number of nitrogens with one attached hydrogen (secondary N) is 2. The Morgan fingerprint density at radius 1 is 0.844 bits per heavy atom. The third kappa shape index (κ3) is 4.68. The van der Waals surface area contributed by atoms with Gasteiger partial charge in [-0.25, -0.2) is 0 Å². The number of amides is 1. The Labute approximate surface area is 188 Å². The maximum absolute atomic E-state index is 13.1. The number of carbonyl (C=O) groups excluding carboxylic acids is 1. The molecule has 3 aromatic carbocycles. The number of carbonyl (C=O) groups is 1. The molecule has 1 heterocycles. The summed E-state index contributed by atoms with van der Waals surface area (Å²) in [6.45, 7) is 0. The van der Waals surface area contributed by atoms with Crippen molar-refractivity contribution >= 4 is 17.3 Å². The van der Waals surface area contributed by atoms with Crippen LogP contribution in [-0.2, 0) is 4.79 Å². The van der Waals surface area contributed by atoms with E-state index >= 15 is 0 Å². The van der Waals surface area contributed by atoms with Crippen molar-refractivity contribution in [2.75, 3.05) is 17.7 Å². The average Bonchev–Trinajstić information content (AvgIpc) is 2.86. The van der Waals surface area contributed by atoms with Crippen LogP contribution in [0.2, 0.25) is 0 Å². The van der Waals surface area contributed by atoms with Crippen molar-refractivity contribution in [2.45, 2.75) is 12.0 Å². The lowest BCUT2D eigenvalue weighted by atomic mass is 9.85. The zero-order valence-corrected chi connectivity index (χ0v) is 17.9. The molecule has 0 aliphatic rings. The van der Waals surface area contributed by atoms with Crippen LogP contribution in [0.1, 0.15) is 17.0 Å². The molecule has 1 atom stereocenters. The van der Waals surface area contributed by atoms with Crippen LogP contribution in [0.3, 0.4) is 0 Å². The van der Waals surface area contributed by atoms with Gasteiger partial charge in [0.05, 0.1) is 17.9 Å². The fourth-order valence-corrected chi connectivity index (χ4v) is 3.88. The summed E-state index contributed by atoms with van der Waals surface area (Å²) in [5.41, 5.74) is 12.2. The molecule has 0 radical (unpaired) electrons. The second-order valence-corrected chi connectivity index (χ2v) is 7.56. The summed E-state index contributed by atoms with van der Waals surface area (Å²) < 4.78 is 0. The molecule has 0 bridgehead atoms. The van der Waals surface area contributed by atoms with Gasteiger partial charge in [0, 0.05) is 30.4 Å². The van der Waals surface area contributed by atoms with E-state index in [2.05, 4.69) is 15.6 Å². The summed E-state index contributed by atoms with van der Waals surface area (Å²) in [6, 6.07) is 28.8. The van der Waals surface area contributed by atoms with E-state index in [1.807, 2.05) is 98.0 Å². The molecule has 0 aliphatic heterocycles. The lowest BCUT2D eigenvalue weighted by molar-refractivity contribution is -0.117. The third-order valence-electron chi connectivity index (χ3n) is 5.53. The lowest BCUT2D eigenvalue weighted by Crippen LogP contribution is -2.41. The van der Waals surface area contributed by atoms with Crippen molar-refractivity contribution < 1.29 is 4.79 Å². The van der Waals surface area contributed by atoms with Crippen molar-refractivity contribution in [3.05, 3.63) is 115 Å². The number of pyridine rings is 1. The molecule has 0 saturated heterocycles. The Bertz CT molecular complexity index is 1120. The van der Waals surface area contributed by atoms with Crippen molar-refractivity contribution in [1.82, 2.24) is 4.98 Å². The van der Waals surface area contributed by atoms with E-state index in [0.717, 1.165) is 27.9 Å². The minimum absolute atomic E-state index is 0.227. The lowest BCUT2D eigenvalue weighted by Gasteiger charge is -2.24. The highest BCUT2D eigenvalue weighted by atomic mass is 16.2. The molecule has 4 N–H and O–H groups in total. The predicted octanol–water partition coefficient (Wildman–Crippen LogP) is 4.89. The Morgan fingerprint density at radius 3 is 2.00 bits per heavy atom. The number of benzene rings is 3. The minimum atomic E-state index is -0.740. The Hall–Kier alpha value is -3.96. The molecule has 0 fully saturated rings. The van der Waals surface area contributed by atoms with Gasteiger partial charge in [0.1, 0.15) is 0 Å². The van der Waals surface area contributed by atoms with E-state index in [1.165, 1.54) is 0 Å². The summed E-state index contributed by atoms with van der Waals surface area (Å²) >= 11 is 0. The summed E-state index contributed by atoms with van der Waals surface area (Å²) in [4.78, 5) is 17.3. The predicted molar refractivity (Wildman–Crippen MR) is 131 cm³/mol. The van der Waals surface area contributed by atoms with Crippen molar-refractivity contribution in [3.8, 4) is 11.1 Å². The maximum atomic E-state index is 13.1. The number of nitrogens with zero attached hydrogens (tertiary/aromatic N) is 1. The normalized spacial score (nSPS) is 11.7. The molecule has 0 unspecified atom stereocenters. The van der Waals surface area contributed by atoms with E-state index in [0.29, 0.717) is 5.69 Å². The van der Waals surface area contributed by atoms with E-state index in [9.17, 15) is 4.79 Å². The number of hydrogen-bond donors (Lipinski definition) is 3. The monoisotopic (exact) mass is 422 g/mol. The number of rotatable bonds is 7. The average molecular weight is 423 g/mol. The first-order valence-electron chi connectivity index (χ1n) is 10.6. The summed E-state index contributed by atoms with van der Waals surface area (Å²) in [7, 11) is 1.87.